The maximum Gasteiger partial charge on any atom is 0.282 e. The van der Waals surface area contributed by atoms with Gasteiger partial charge in [-0.2, -0.15) is 0 Å². The number of benzene rings is 3. The third kappa shape index (κ3) is 3.78. The molecule has 0 saturated heterocycles. The number of carbonyl (C=O) groups is 2. The lowest BCUT2D eigenvalue weighted by Gasteiger charge is -2.18. The van der Waals surface area contributed by atoms with E-state index in [0.29, 0.717) is 22.6 Å². The molecule has 5 heteroatoms. The van der Waals surface area contributed by atoms with E-state index in [0.717, 1.165) is 27.9 Å². The fourth-order valence-electron chi connectivity index (χ4n) is 3.86. The van der Waals surface area contributed by atoms with E-state index in [2.05, 4.69) is 5.32 Å². The number of hydrogen-bond donors (Lipinski definition) is 1. The molecule has 3 aromatic carbocycles. The zero-order chi connectivity index (χ0) is 23.0. The second kappa shape index (κ2) is 8.35. The zero-order valence-corrected chi connectivity index (χ0v) is 18.9. The fraction of sp³-hybridized carbons (Fsp3) is 0.185. The quantitative estimate of drug-likeness (QED) is 0.561. The lowest BCUT2D eigenvalue weighted by molar-refractivity contribution is -0.120. The number of anilines is 2. The van der Waals surface area contributed by atoms with Crippen LogP contribution in [0.1, 0.15) is 27.8 Å². The average Bonchev–Trinajstić information content (AvgIpc) is 3.02. The maximum atomic E-state index is 13.7. The summed E-state index contributed by atoms with van der Waals surface area (Å²) in [6.45, 7) is 7.81. The Bertz CT molecular complexity index is 1260. The smallest absolute Gasteiger partial charge is 0.282 e. The molecular weight excluding hydrogens is 400 g/mol. The number of imide groups is 1. The van der Waals surface area contributed by atoms with Crippen molar-refractivity contribution in [2.24, 2.45) is 0 Å². The summed E-state index contributed by atoms with van der Waals surface area (Å²) in [7, 11) is 1.59. The predicted octanol–water partition coefficient (Wildman–Crippen LogP) is 5.33. The molecule has 0 unspecified atom stereocenters. The van der Waals surface area contributed by atoms with Gasteiger partial charge in [0.2, 0.25) is 0 Å². The Morgan fingerprint density at radius 2 is 1.38 bits per heavy atom. The van der Waals surface area contributed by atoms with Crippen LogP contribution in [0.2, 0.25) is 0 Å². The first-order valence-corrected chi connectivity index (χ1v) is 10.5. The first-order valence-electron chi connectivity index (χ1n) is 10.5. The van der Waals surface area contributed by atoms with Crippen molar-refractivity contribution >= 4 is 28.8 Å². The van der Waals surface area contributed by atoms with E-state index in [1.165, 1.54) is 4.90 Å². The van der Waals surface area contributed by atoms with E-state index < -0.39 is 0 Å². The van der Waals surface area contributed by atoms with Crippen molar-refractivity contribution in [1.82, 2.24) is 0 Å². The van der Waals surface area contributed by atoms with Gasteiger partial charge in [-0.25, -0.2) is 4.90 Å². The minimum Gasteiger partial charge on any atom is -0.497 e. The van der Waals surface area contributed by atoms with E-state index in [1.54, 1.807) is 31.4 Å². The highest BCUT2D eigenvalue weighted by Crippen LogP contribution is 2.36. The highest BCUT2D eigenvalue weighted by molar-refractivity contribution is 6.46. The van der Waals surface area contributed by atoms with Crippen molar-refractivity contribution < 1.29 is 14.3 Å². The minimum atomic E-state index is -0.365. The average molecular weight is 427 g/mol. The van der Waals surface area contributed by atoms with Gasteiger partial charge >= 0.3 is 0 Å². The van der Waals surface area contributed by atoms with Gasteiger partial charge in [-0.1, -0.05) is 36.4 Å². The Balaban J connectivity index is 1.87. The molecule has 1 N–H and O–H groups in total. The van der Waals surface area contributed by atoms with Gasteiger partial charge in [0.15, 0.2) is 0 Å². The number of aryl methyl sites for hydroxylation is 4. The summed E-state index contributed by atoms with van der Waals surface area (Å²) in [5, 5.41) is 3.28. The molecule has 32 heavy (non-hydrogen) atoms. The van der Waals surface area contributed by atoms with Crippen molar-refractivity contribution in [2.45, 2.75) is 27.7 Å². The van der Waals surface area contributed by atoms with Gasteiger partial charge < -0.3 is 10.1 Å². The Kier molecular flexibility index (Phi) is 5.57. The van der Waals surface area contributed by atoms with Crippen molar-refractivity contribution in [1.29, 1.82) is 0 Å². The predicted molar refractivity (Wildman–Crippen MR) is 128 cm³/mol. The summed E-state index contributed by atoms with van der Waals surface area (Å²) >= 11 is 0. The molecule has 0 atom stereocenters. The van der Waals surface area contributed by atoms with Gasteiger partial charge in [0, 0.05) is 5.69 Å². The molecule has 0 spiro atoms. The van der Waals surface area contributed by atoms with Crippen LogP contribution in [-0.4, -0.2) is 18.9 Å². The number of ether oxygens (including phenoxy) is 1. The van der Waals surface area contributed by atoms with Crippen LogP contribution in [0, 0.1) is 27.7 Å². The Labute approximate surface area is 188 Å². The van der Waals surface area contributed by atoms with Crippen LogP contribution in [0.5, 0.6) is 5.75 Å². The van der Waals surface area contributed by atoms with Gasteiger partial charge in [-0.3, -0.25) is 9.59 Å². The number of amides is 2. The molecule has 3 aromatic rings. The van der Waals surface area contributed by atoms with E-state index in [4.69, 9.17) is 4.74 Å². The van der Waals surface area contributed by atoms with E-state index in [9.17, 15) is 9.59 Å². The second-order valence-electron chi connectivity index (χ2n) is 8.16. The van der Waals surface area contributed by atoms with Gasteiger partial charge in [-0.05, 0) is 79.8 Å². The highest BCUT2D eigenvalue weighted by atomic mass is 16.5. The SMILES string of the molecule is COc1ccc(C2=C(Nc3cc(C)ccc3C)C(=O)N(c3cc(C)ccc3C)C2=O)cc1. The zero-order valence-electron chi connectivity index (χ0n) is 18.9. The second-order valence-corrected chi connectivity index (χ2v) is 8.16. The number of hydrogen-bond acceptors (Lipinski definition) is 4. The summed E-state index contributed by atoms with van der Waals surface area (Å²) in [5.74, 6) is -0.0290. The number of rotatable bonds is 5. The van der Waals surface area contributed by atoms with Crippen molar-refractivity contribution in [3.63, 3.8) is 0 Å². The Morgan fingerprint density at radius 3 is 2.03 bits per heavy atom. The van der Waals surface area contributed by atoms with Gasteiger partial charge in [0.1, 0.15) is 11.4 Å². The topological polar surface area (TPSA) is 58.6 Å². The van der Waals surface area contributed by atoms with E-state index in [-0.39, 0.29) is 17.5 Å². The molecular formula is C27H26N2O3. The number of methoxy groups -OCH3 is 1. The lowest BCUT2D eigenvalue weighted by Crippen LogP contribution is -2.33. The number of carbonyl (C=O) groups excluding carboxylic acids is 2. The minimum absolute atomic E-state index is 0.273. The molecule has 1 aliphatic rings. The summed E-state index contributed by atoms with van der Waals surface area (Å²) in [6, 6.07) is 18.9. The molecule has 0 fully saturated rings. The fourth-order valence-corrected chi connectivity index (χ4v) is 3.86. The van der Waals surface area contributed by atoms with Crippen LogP contribution in [-0.2, 0) is 9.59 Å². The van der Waals surface area contributed by atoms with Crippen LogP contribution in [0.25, 0.3) is 5.57 Å². The molecule has 2 amide bonds. The standard InChI is InChI=1S/C27H26N2O3/c1-16-6-8-18(3)22(14-16)28-25-24(20-10-12-21(32-5)13-11-20)26(30)29(27(25)31)23-15-17(2)7-9-19(23)4/h6-15,28H,1-5H3. The molecule has 0 bridgehead atoms. The van der Waals surface area contributed by atoms with Gasteiger partial charge in [0.25, 0.3) is 11.8 Å². The van der Waals surface area contributed by atoms with E-state index >= 15 is 0 Å². The third-order valence-electron chi connectivity index (χ3n) is 5.72. The van der Waals surface area contributed by atoms with Crippen molar-refractivity contribution in [3.8, 4) is 5.75 Å². The van der Waals surface area contributed by atoms with Crippen LogP contribution >= 0.6 is 0 Å². The van der Waals surface area contributed by atoms with Crippen molar-refractivity contribution in [3.05, 3.63) is 94.2 Å². The van der Waals surface area contributed by atoms with Gasteiger partial charge in [0.05, 0.1) is 18.4 Å². The largest absolute Gasteiger partial charge is 0.497 e. The van der Waals surface area contributed by atoms with Crippen LogP contribution < -0.4 is 15.0 Å². The third-order valence-corrected chi connectivity index (χ3v) is 5.72. The Hall–Kier alpha value is -3.86. The molecule has 0 radical (unpaired) electrons. The number of nitrogens with zero attached hydrogens (tertiary/aromatic N) is 1. The highest BCUT2D eigenvalue weighted by Gasteiger charge is 2.41. The summed E-state index contributed by atoms with van der Waals surface area (Å²) in [4.78, 5) is 28.6. The molecule has 0 saturated carbocycles. The van der Waals surface area contributed by atoms with Crippen LogP contribution in [0.15, 0.2) is 66.4 Å². The van der Waals surface area contributed by atoms with Crippen LogP contribution in [0.3, 0.4) is 0 Å². The van der Waals surface area contributed by atoms with Gasteiger partial charge in [-0.15, -0.1) is 0 Å². The molecule has 5 nitrogen and oxygen atoms in total. The molecule has 0 aliphatic carbocycles. The molecule has 0 aromatic heterocycles. The summed E-state index contributed by atoms with van der Waals surface area (Å²) < 4.78 is 5.26. The van der Waals surface area contributed by atoms with Crippen molar-refractivity contribution in [2.75, 3.05) is 17.3 Å². The molecule has 1 aliphatic heterocycles. The Morgan fingerprint density at radius 1 is 0.750 bits per heavy atom. The van der Waals surface area contributed by atoms with E-state index in [1.807, 2.05) is 64.1 Å². The molecule has 4 rings (SSSR count). The first kappa shape index (κ1) is 21.4. The monoisotopic (exact) mass is 426 g/mol. The first-order chi connectivity index (χ1) is 15.3. The maximum absolute atomic E-state index is 13.7. The van der Waals surface area contributed by atoms with Crippen LogP contribution in [0.4, 0.5) is 11.4 Å². The lowest BCUT2D eigenvalue weighted by atomic mass is 10.0. The molecule has 162 valence electrons. The normalized spacial score (nSPS) is 13.7. The summed E-state index contributed by atoms with van der Waals surface area (Å²) in [5.41, 5.74) is 6.57. The summed E-state index contributed by atoms with van der Waals surface area (Å²) in [6.07, 6.45) is 0. The molecule has 1 heterocycles. The number of nitrogens with one attached hydrogen (secondary N) is 1.